The third-order valence-corrected chi connectivity index (χ3v) is 6.32. The quantitative estimate of drug-likeness (QED) is 0.892. The predicted octanol–water partition coefficient (Wildman–Crippen LogP) is 3.20. The van der Waals surface area contributed by atoms with E-state index < -0.39 is 10.0 Å². The van der Waals surface area contributed by atoms with Crippen LogP contribution in [-0.4, -0.2) is 25.7 Å². The van der Waals surface area contributed by atoms with E-state index in [0.717, 1.165) is 11.1 Å². The highest BCUT2D eigenvalue weighted by Gasteiger charge is 2.34. The molecular weight excluding hydrogens is 336 g/mol. The lowest BCUT2D eigenvalue weighted by Gasteiger charge is -2.19. The van der Waals surface area contributed by atoms with Crippen LogP contribution < -0.4 is 5.32 Å². The second kappa shape index (κ2) is 6.61. The van der Waals surface area contributed by atoms with Crippen molar-refractivity contribution in [2.75, 3.05) is 12.4 Å². The van der Waals surface area contributed by atoms with Gasteiger partial charge in [0.25, 0.3) is 0 Å². The van der Waals surface area contributed by atoms with Crippen LogP contribution in [0.4, 0.5) is 5.69 Å². The Morgan fingerprint density at radius 3 is 2.44 bits per heavy atom. The zero-order valence-electron chi connectivity index (χ0n) is 14.6. The summed E-state index contributed by atoms with van der Waals surface area (Å²) in [5.74, 6) is -0.289. The van der Waals surface area contributed by atoms with E-state index in [1.807, 2.05) is 44.2 Å². The Labute approximate surface area is 148 Å². The molecule has 1 N–H and O–H groups in total. The predicted molar refractivity (Wildman–Crippen MR) is 97.7 cm³/mol. The smallest absolute Gasteiger partial charge is 0.243 e. The molecule has 1 aliphatic rings. The minimum Gasteiger partial charge on any atom is -0.325 e. The summed E-state index contributed by atoms with van der Waals surface area (Å²) >= 11 is 0. The van der Waals surface area contributed by atoms with Crippen molar-refractivity contribution >= 4 is 21.6 Å². The van der Waals surface area contributed by atoms with Gasteiger partial charge in [0.1, 0.15) is 0 Å². The molecule has 0 radical (unpaired) electrons. The summed E-state index contributed by atoms with van der Waals surface area (Å²) in [6.45, 7) is 4.22. The van der Waals surface area contributed by atoms with Gasteiger partial charge in [0.2, 0.25) is 15.9 Å². The summed E-state index contributed by atoms with van der Waals surface area (Å²) in [6.07, 6.45) is 0. The Morgan fingerprint density at radius 2 is 1.80 bits per heavy atom. The normalized spacial score (nSPS) is 17.0. The highest BCUT2D eigenvalue weighted by atomic mass is 32.2. The number of carbonyl (C=O) groups excluding carboxylic acids is 1. The van der Waals surface area contributed by atoms with Gasteiger partial charge in [-0.25, -0.2) is 8.42 Å². The molecule has 25 heavy (non-hydrogen) atoms. The van der Waals surface area contributed by atoms with Crippen molar-refractivity contribution in [1.82, 2.24) is 4.31 Å². The number of hydrogen-bond donors (Lipinski definition) is 1. The van der Waals surface area contributed by atoms with E-state index in [2.05, 4.69) is 5.32 Å². The number of sulfonamides is 1. The molecule has 1 aliphatic heterocycles. The number of nitrogens with one attached hydrogen (secondary N) is 1. The van der Waals surface area contributed by atoms with Crippen molar-refractivity contribution in [2.45, 2.75) is 31.2 Å². The molecule has 1 amide bonds. The molecule has 2 aromatic carbocycles. The number of rotatable bonds is 5. The average Bonchev–Trinajstić information content (AvgIpc) is 2.90. The van der Waals surface area contributed by atoms with E-state index in [1.54, 1.807) is 25.2 Å². The first-order valence-corrected chi connectivity index (χ1v) is 9.70. The molecule has 0 saturated carbocycles. The summed E-state index contributed by atoms with van der Waals surface area (Å²) in [5, 5.41) is 2.83. The van der Waals surface area contributed by atoms with Crippen molar-refractivity contribution in [3.63, 3.8) is 0 Å². The number of nitrogens with zero attached hydrogens (tertiary/aromatic N) is 1. The van der Waals surface area contributed by atoms with Crippen LogP contribution in [0.25, 0.3) is 0 Å². The highest BCUT2D eigenvalue weighted by Crippen LogP contribution is 2.38. The van der Waals surface area contributed by atoms with E-state index in [-0.39, 0.29) is 22.6 Å². The van der Waals surface area contributed by atoms with Gasteiger partial charge in [0, 0.05) is 19.3 Å². The molecule has 0 bridgehead atoms. The van der Waals surface area contributed by atoms with Gasteiger partial charge in [-0.15, -0.1) is 0 Å². The molecule has 132 valence electrons. The lowest BCUT2D eigenvalue weighted by molar-refractivity contribution is -0.117. The lowest BCUT2D eigenvalue weighted by Crippen LogP contribution is -2.26. The Bertz CT molecular complexity index is 892. The lowest BCUT2D eigenvalue weighted by atomic mass is 9.90. The summed E-state index contributed by atoms with van der Waals surface area (Å²) in [5.41, 5.74) is 2.38. The Kier molecular flexibility index (Phi) is 4.67. The number of hydrogen-bond acceptors (Lipinski definition) is 3. The summed E-state index contributed by atoms with van der Waals surface area (Å²) in [4.78, 5) is 12.4. The number of carbonyl (C=O) groups is 1. The number of benzene rings is 2. The fourth-order valence-electron chi connectivity index (χ4n) is 3.19. The van der Waals surface area contributed by atoms with Crippen LogP contribution in [0.5, 0.6) is 0 Å². The first-order chi connectivity index (χ1) is 11.8. The molecule has 1 heterocycles. The van der Waals surface area contributed by atoms with Crippen LogP contribution in [0.2, 0.25) is 0 Å². The maximum Gasteiger partial charge on any atom is 0.243 e. The van der Waals surface area contributed by atoms with Crippen LogP contribution in [-0.2, 0) is 21.4 Å². The van der Waals surface area contributed by atoms with Crippen LogP contribution in [0.1, 0.15) is 30.9 Å². The topological polar surface area (TPSA) is 66.5 Å². The van der Waals surface area contributed by atoms with Gasteiger partial charge >= 0.3 is 0 Å². The zero-order valence-corrected chi connectivity index (χ0v) is 15.4. The van der Waals surface area contributed by atoms with Gasteiger partial charge in [-0.2, -0.15) is 4.31 Å². The van der Waals surface area contributed by atoms with E-state index >= 15 is 0 Å². The van der Waals surface area contributed by atoms with E-state index in [0.29, 0.717) is 12.2 Å². The largest absolute Gasteiger partial charge is 0.325 e. The van der Waals surface area contributed by atoms with Gasteiger partial charge in [-0.1, -0.05) is 44.2 Å². The number of fused-ring (bicyclic) bond motifs is 1. The average molecular weight is 358 g/mol. The molecule has 0 fully saturated rings. The molecule has 2 aromatic rings. The second-order valence-electron chi connectivity index (χ2n) is 6.71. The summed E-state index contributed by atoms with van der Waals surface area (Å²) in [7, 11) is -2.06. The molecule has 5 nitrogen and oxygen atoms in total. The third kappa shape index (κ3) is 3.32. The zero-order chi connectivity index (χ0) is 18.2. The molecule has 0 spiro atoms. The molecule has 0 aromatic heterocycles. The molecule has 3 rings (SSSR count). The molecule has 1 atom stereocenters. The first kappa shape index (κ1) is 17.6. The van der Waals surface area contributed by atoms with Crippen molar-refractivity contribution in [2.24, 2.45) is 5.92 Å². The van der Waals surface area contributed by atoms with Crippen LogP contribution >= 0.6 is 0 Å². The van der Waals surface area contributed by atoms with Crippen molar-refractivity contribution in [3.8, 4) is 0 Å². The van der Waals surface area contributed by atoms with Gasteiger partial charge in [0.05, 0.1) is 10.8 Å². The Morgan fingerprint density at radius 1 is 1.12 bits per heavy atom. The van der Waals surface area contributed by atoms with E-state index in [1.165, 1.54) is 4.31 Å². The van der Waals surface area contributed by atoms with E-state index in [4.69, 9.17) is 0 Å². The Balaban J connectivity index is 1.92. The monoisotopic (exact) mass is 358 g/mol. The number of amides is 1. The van der Waals surface area contributed by atoms with Gasteiger partial charge < -0.3 is 5.32 Å². The minimum absolute atomic E-state index is 0.0720. The van der Waals surface area contributed by atoms with Crippen molar-refractivity contribution in [3.05, 3.63) is 59.7 Å². The SMILES string of the molecule is CC(C)C1C(=O)Nc2ccc(S(=O)(=O)N(C)Cc3ccccc3)cc21. The Hall–Kier alpha value is -2.18. The minimum atomic E-state index is -3.63. The maximum atomic E-state index is 12.9. The molecule has 0 aliphatic carbocycles. The first-order valence-electron chi connectivity index (χ1n) is 8.26. The van der Waals surface area contributed by atoms with Gasteiger partial charge in [-0.3, -0.25) is 4.79 Å². The summed E-state index contributed by atoms with van der Waals surface area (Å²) < 4.78 is 27.2. The highest BCUT2D eigenvalue weighted by molar-refractivity contribution is 7.89. The van der Waals surface area contributed by atoms with Crippen LogP contribution in [0, 0.1) is 5.92 Å². The standard InChI is InChI=1S/C19H22N2O3S/c1-13(2)18-16-11-15(9-10-17(16)20-19(18)22)25(23,24)21(3)12-14-7-5-4-6-8-14/h4-11,13,18H,12H2,1-3H3,(H,20,22). The molecule has 0 saturated heterocycles. The van der Waals surface area contributed by atoms with Crippen LogP contribution in [0.3, 0.4) is 0 Å². The van der Waals surface area contributed by atoms with Crippen LogP contribution in [0.15, 0.2) is 53.4 Å². The van der Waals surface area contributed by atoms with Gasteiger partial charge in [0.15, 0.2) is 0 Å². The fourth-order valence-corrected chi connectivity index (χ4v) is 4.39. The molecule has 6 heteroatoms. The second-order valence-corrected chi connectivity index (χ2v) is 8.75. The van der Waals surface area contributed by atoms with Crippen molar-refractivity contribution in [1.29, 1.82) is 0 Å². The fraction of sp³-hybridized carbons (Fsp3) is 0.316. The molecule has 1 unspecified atom stereocenters. The van der Waals surface area contributed by atoms with E-state index in [9.17, 15) is 13.2 Å². The third-order valence-electron chi connectivity index (χ3n) is 4.52. The number of anilines is 1. The van der Waals surface area contributed by atoms with Crippen molar-refractivity contribution < 1.29 is 13.2 Å². The molecular formula is C19H22N2O3S. The van der Waals surface area contributed by atoms with Gasteiger partial charge in [-0.05, 0) is 35.2 Å². The summed E-state index contributed by atoms with van der Waals surface area (Å²) in [6, 6.07) is 14.3. The maximum absolute atomic E-state index is 12.9.